The first-order valence-electron chi connectivity index (χ1n) is 44.3. The molecule has 0 saturated carbocycles. The van der Waals surface area contributed by atoms with E-state index in [-0.39, 0.29) is 0 Å². The average molecular weight is 1680 g/mol. The third-order valence-corrected chi connectivity index (χ3v) is 33.5. The van der Waals surface area contributed by atoms with E-state index in [0.717, 1.165) is 241 Å². The van der Waals surface area contributed by atoms with Gasteiger partial charge in [-0.2, -0.15) is 0 Å². The maximum absolute atomic E-state index is 19.5. The van der Waals surface area contributed by atoms with Gasteiger partial charge in [0.2, 0.25) is 0 Å². The molecule has 10 heteroatoms. The van der Waals surface area contributed by atoms with E-state index in [9.17, 15) is 0 Å². The van der Waals surface area contributed by atoms with Crippen LogP contribution in [0.2, 0.25) is 0 Å². The van der Waals surface area contributed by atoms with E-state index in [4.69, 9.17) is 17.7 Å². The molecule has 0 aliphatic carbocycles. The van der Waals surface area contributed by atoms with Gasteiger partial charge in [0.1, 0.15) is 44.7 Å². The smallest absolute Gasteiger partial charge is 0.136 e. The Bertz CT molecular complexity index is 8870. The zero-order valence-electron chi connectivity index (χ0n) is 69.5. The van der Waals surface area contributed by atoms with Gasteiger partial charge in [0.05, 0.1) is 44.1 Å². The maximum Gasteiger partial charge on any atom is 0.136 e. The number of fused-ring (bicyclic) bond motifs is 38. The van der Waals surface area contributed by atoms with Gasteiger partial charge < -0.3 is 35.9 Å². The lowest BCUT2D eigenvalue weighted by Gasteiger charge is -2.39. The quantitative estimate of drug-likeness (QED) is 0.151. The largest absolute Gasteiger partial charge is 0.456 e. The van der Waals surface area contributed by atoms with Gasteiger partial charge in [0, 0.05) is 138 Å². The van der Waals surface area contributed by atoms with Crippen molar-refractivity contribution in [3.8, 4) is 89.5 Å². The number of para-hydroxylation sites is 8. The van der Waals surface area contributed by atoms with Crippen molar-refractivity contribution in [1.29, 1.82) is 0 Å². The average Bonchev–Trinajstić information content (AvgIpc) is 1.46. The van der Waals surface area contributed by atoms with Crippen molar-refractivity contribution >= 4 is 184 Å². The Morgan fingerprint density at radius 3 is 0.592 bits per heavy atom. The number of rotatable bonds is 8. The second-order valence-electron chi connectivity index (χ2n) is 35.1. The van der Waals surface area contributed by atoms with Crippen molar-refractivity contribution in [2.75, 3.05) is 0 Å². The van der Waals surface area contributed by atoms with Crippen LogP contribution in [0.4, 0.5) is 0 Å². The Morgan fingerprint density at radius 2 is 0.362 bits per heavy atom. The summed E-state index contributed by atoms with van der Waals surface area (Å²) in [5.41, 5.74) is 32.0. The van der Waals surface area contributed by atoms with Crippen molar-refractivity contribution in [3.05, 3.63) is 413 Å². The molecule has 30 rings (SSSR count). The molecule has 2 aliphatic rings. The van der Waals surface area contributed by atoms with Crippen LogP contribution in [0.25, 0.3) is 264 Å². The molecule has 9 nitrogen and oxygen atoms in total. The van der Waals surface area contributed by atoms with Gasteiger partial charge in [-0.15, -0.1) is 0 Å². The molecule has 130 heavy (non-hydrogen) atoms. The van der Waals surface area contributed by atoms with Crippen LogP contribution < -0.4 is 0 Å². The lowest BCUT2D eigenvalue weighted by Crippen LogP contribution is -2.30. The van der Waals surface area contributed by atoms with E-state index in [0.29, 0.717) is 0 Å². The fraction of sp³-hybridized carbons (Fsp3) is 0. The molecule has 0 fully saturated rings. The van der Waals surface area contributed by atoms with Crippen LogP contribution in [0.1, 0.15) is 0 Å². The monoisotopic (exact) mass is 1680 g/mol. The van der Waals surface area contributed by atoms with E-state index in [1.54, 1.807) is 0 Å². The fourth-order valence-corrected chi connectivity index (χ4v) is 28.3. The Morgan fingerprint density at radius 1 is 0.162 bits per heavy atom. The number of nitrogens with zero attached hydrogens (tertiary/aromatic N) is 4. The highest BCUT2D eigenvalue weighted by atomic mass is 32.3. The second-order valence-corrected chi connectivity index (χ2v) is 38.8. The van der Waals surface area contributed by atoms with Gasteiger partial charge >= 0.3 is 0 Å². The molecule has 1 spiro atoms. The molecule has 8 aromatic heterocycles. The summed E-state index contributed by atoms with van der Waals surface area (Å²) in [6.07, 6.45) is 0. The fourth-order valence-electron chi connectivity index (χ4n) is 23.2. The topological polar surface area (TPSA) is 89.4 Å². The van der Waals surface area contributed by atoms with Crippen LogP contribution in [0.15, 0.2) is 450 Å². The molecular weight excluding hydrogens is 1610 g/mol. The zero-order valence-corrected chi connectivity index (χ0v) is 70.3. The molecule has 0 bridgehead atoms. The van der Waals surface area contributed by atoms with Crippen molar-refractivity contribution in [2.24, 2.45) is 0 Å². The number of hydrogen-bond donors (Lipinski definition) is 0. The van der Waals surface area contributed by atoms with Crippen LogP contribution in [-0.2, 0) is 9.07 Å². The molecule has 28 aromatic rings. The first-order chi connectivity index (χ1) is 64.3. The summed E-state index contributed by atoms with van der Waals surface area (Å²) in [7, 11) is -4.60. The van der Waals surface area contributed by atoms with Crippen LogP contribution >= 0.6 is 0 Å². The first kappa shape index (κ1) is 70.3. The second kappa shape index (κ2) is 25.4. The van der Waals surface area contributed by atoms with Crippen molar-refractivity contribution in [2.45, 2.75) is 19.6 Å². The summed E-state index contributed by atoms with van der Waals surface area (Å²) < 4.78 is 55.1. The minimum Gasteiger partial charge on any atom is -0.456 e. The highest BCUT2D eigenvalue weighted by Gasteiger charge is 2.58. The lowest BCUT2D eigenvalue weighted by atomic mass is 9.96. The van der Waals surface area contributed by atoms with Crippen LogP contribution in [0.5, 0.6) is 0 Å². The standard InChI is InChI=1S/C120H68N4O5S/c125-130(109-61-41-73(69-33-45-77(46-34-69)121-93-25-9-1-17-81(93)113-97(121)53-57-105-117(113)85-21-5-13-29-101(85)126-105)65-89(109)90-66-74(42-62-110(90)130)70-35-47-78(48-36-70)122-94-26-10-2-18-82(94)114-98(122)54-58-106-118(114)86-22-6-14-30-102(86)127-106)111-63-43-75(71-37-49-79(50-38-71)123-95-27-11-3-19-83(95)115-99(123)55-59-107-119(115)87-23-7-15-31-103(87)128-107)67-91(111)92-68-76(44-64-112(92)130)72-39-51-80(52-40-72)124-96-28-12-4-20-84(96)116-100(124)56-60-108-120(116)88-24-8-16-32-104(88)129-108/h1-68H. The normalized spacial score (nSPS) is 13.7. The van der Waals surface area contributed by atoms with Gasteiger partial charge in [0.15, 0.2) is 0 Å². The van der Waals surface area contributed by atoms with E-state index in [1.165, 1.54) is 43.1 Å². The predicted molar refractivity (Wildman–Crippen MR) is 533 cm³/mol. The van der Waals surface area contributed by atoms with Gasteiger partial charge in [-0.3, -0.25) is 4.21 Å². The molecular formula is C120H68N4O5S. The Kier molecular flexibility index (Phi) is 13.7. The van der Waals surface area contributed by atoms with Gasteiger partial charge in [-0.25, -0.2) is 0 Å². The van der Waals surface area contributed by atoms with Gasteiger partial charge in [0.25, 0.3) is 0 Å². The minimum absolute atomic E-state index is 0.794. The van der Waals surface area contributed by atoms with Crippen LogP contribution in [-0.4, -0.2) is 22.5 Å². The van der Waals surface area contributed by atoms with Crippen LogP contribution in [0, 0.1) is 0 Å². The molecule has 604 valence electrons. The molecule has 10 heterocycles. The zero-order chi connectivity index (χ0) is 84.7. The van der Waals surface area contributed by atoms with Crippen molar-refractivity contribution < 1.29 is 21.9 Å². The first-order valence-corrected chi connectivity index (χ1v) is 46.3. The highest BCUT2D eigenvalue weighted by Crippen LogP contribution is 2.72. The van der Waals surface area contributed by atoms with Crippen molar-refractivity contribution in [1.82, 2.24) is 18.3 Å². The number of aromatic nitrogens is 4. The summed E-state index contributed by atoms with van der Waals surface area (Å²) in [5, 5.41) is 18.2. The number of hydrogen-bond acceptors (Lipinski definition) is 5. The molecule has 0 atom stereocenters. The highest BCUT2D eigenvalue weighted by molar-refractivity contribution is 8.21. The van der Waals surface area contributed by atoms with Gasteiger partial charge in [-0.1, -0.05) is 218 Å². The Balaban J connectivity index is 0.603. The summed E-state index contributed by atoms with van der Waals surface area (Å²) in [4.78, 5) is 3.17. The van der Waals surface area contributed by atoms with E-state index < -0.39 is 9.07 Å². The predicted octanol–water partition coefficient (Wildman–Crippen LogP) is 32.7. The lowest BCUT2D eigenvalue weighted by molar-refractivity contribution is 0.658. The van der Waals surface area contributed by atoms with Crippen LogP contribution in [0.3, 0.4) is 0 Å². The number of furan rings is 4. The van der Waals surface area contributed by atoms with Gasteiger partial charge in [-0.05, 0) is 261 Å². The summed E-state index contributed by atoms with van der Waals surface area (Å²) in [6.45, 7) is 0. The van der Waals surface area contributed by atoms with E-state index in [2.05, 4.69) is 407 Å². The molecule has 0 N–H and O–H groups in total. The molecule has 2 aliphatic heterocycles. The van der Waals surface area contributed by atoms with E-state index in [1.807, 2.05) is 24.3 Å². The summed E-state index contributed by atoms with van der Waals surface area (Å²) in [5.74, 6) is 0. The maximum atomic E-state index is 19.5. The molecule has 0 saturated heterocycles. The Labute approximate surface area is 740 Å². The molecule has 20 aromatic carbocycles. The molecule has 0 unspecified atom stereocenters. The Hall–Kier alpha value is -17.1. The number of benzene rings is 20. The summed E-state index contributed by atoms with van der Waals surface area (Å²) in [6, 6.07) is 149. The molecule has 0 amide bonds. The third-order valence-electron chi connectivity index (χ3n) is 28.7. The molecule has 0 radical (unpaired) electrons. The minimum atomic E-state index is -4.60. The van der Waals surface area contributed by atoms with Crippen molar-refractivity contribution in [3.63, 3.8) is 0 Å². The SMILES string of the molecule is O=S12(c3ccc(-c4ccc(-n5c6ccccc6c6c7c(ccc65)oc5ccccc57)cc4)cc3-c3cc(-c4ccc(-n5c6ccccc6c6c7c(ccc65)oc5ccccc57)cc4)ccc31)c1ccc(-c3ccc(-n4c5ccccc5c5c6c(ccc54)oc4ccccc46)cc3)cc1-c1cc(-c3ccc(-n4c5ccccc5c5c6c(ccc54)oc4ccccc46)cc3)ccc12. The summed E-state index contributed by atoms with van der Waals surface area (Å²) >= 11 is 0. The third kappa shape index (κ3) is 9.15. The van der Waals surface area contributed by atoms with E-state index >= 15 is 4.21 Å².